The second kappa shape index (κ2) is 13.7. The van der Waals surface area contributed by atoms with Gasteiger partial charge in [0, 0.05) is 6.54 Å². The predicted octanol–water partition coefficient (Wildman–Crippen LogP) is 3.61. The van der Waals surface area contributed by atoms with E-state index in [0.29, 0.717) is 49.5 Å². The zero-order chi connectivity index (χ0) is 26.8. The number of amides is 1. The minimum Gasteiger partial charge on any atom is -0.493 e. The molecule has 1 aromatic rings. The summed E-state index contributed by atoms with van der Waals surface area (Å²) in [5.41, 5.74) is -0.536. The molecule has 1 atom stereocenters. The third-order valence-corrected chi connectivity index (χ3v) is 7.41. The van der Waals surface area contributed by atoms with Crippen molar-refractivity contribution >= 4 is 17.7 Å². The summed E-state index contributed by atoms with van der Waals surface area (Å²) in [6, 6.07) is 3.10. The van der Waals surface area contributed by atoms with Crippen molar-refractivity contribution in [3.63, 3.8) is 0 Å². The molecule has 0 aromatic heterocycles. The smallest absolute Gasteiger partial charge is 0.328 e. The predicted molar refractivity (Wildman–Crippen MR) is 137 cm³/mol. The van der Waals surface area contributed by atoms with Crippen molar-refractivity contribution in [1.29, 1.82) is 0 Å². The lowest BCUT2D eigenvalue weighted by molar-refractivity contribution is -0.164. The van der Waals surface area contributed by atoms with Gasteiger partial charge >= 0.3 is 5.97 Å². The summed E-state index contributed by atoms with van der Waals surface area (Å²) in [7, 11) is 4.75. The van der Waals surface area contributed by atoms with E-state index in [1.54, 1.807) is 21.3 Å². The zero-order valence-electron chi connectivity index (χ0n) is 22.4. The first-order valence-corrected chi connectivity index (χ1v) is 13.4. The van der Waals surface area contributed by atoms with E-state index < -0.39 is 29.3 Å². The molecule has 1 saturated carbocycles. The largest absolute Gasteiger partial charge is 0.493 e. The Morgan fingerprint density at radius 3 is 2.22 bits per heavy atom. The van der Waals surface area contributed by atoms with Crippen molar-refractivity contribution in [2.75, 3.05) is 34.5 Å². The molecule has 2 fully saturated rings. The van der Waals surface area contributed by atoms with E-state index in [0.717, 1.165) is 56.9 Å². The van der Waals surface area contributed by atoms with E-state index >= 15 is 0 Å². The summed E-state index contributed by atoms with van der Waals surface area (Å²) < 4.78 is 21.7. The molecule has 9 nitrogen and oxygen atoms in total. The van der Waals surface area contributed by atoms with Crippen molar-refractivity contribution in [2.45, 2.75) is 88.7 Å². The average molecular weight is 520 g/mol. The van der Waals surface area contributed by atoms with Crippen LogP contribution < -0.4 is 14.2 Å². The van der Waals surface area contributed by atoms with Crippen molar-refractivity contribution in [3.8, 4) is 17.2 Å². The van der Waals surface area contributed by atoms with Gasteiger partial charge in [-0.15, -0.1) is 0 Å². The fraction of sp³-hybridized carbons (Fsp3) is 0.679. The molecule has 1 N–H and O–H groups in total. The molecule has 0 spiro atoms. The van der Waals surface area contributed by atoms with E-state index in [9.17, 15) is 19.5 Å². The van der Waals surface area contributed by atoms with Crippen molar-refractivity contribution in [1.82, 2.24) is 4.90 Å². The maximum absolute atomic E-state index is 13.0. The lowest BCUT2D eigenvalue weighted by atomic mass is 9.81. The van der Waals surface area contributed by atoms with Crippen LogP contribution in [0.15, 0.2) is 12.1 Å². The van der Waals surface area contributed by atoms with E-state index in [4.69, 9.17) is 18.9 Å². The van der Waals surface area contributed by atoms with Gasteiger partial charge < -0.3 is 29.0 Å². The molecular weight excluding hydrogens is 478 g/mol. The van der Waals surface area contributed by atoms with Gasteiger partial charge in [0.15, 0.2) is 11.5 Å². The number of aliphatic hydroxyl groups is 1. The van der Waals surface area contributed by atoms with Crippen LogP contribution in [0.2, 0.25) is 0 Å². The second-order valence-corrected chi connectivity index (χ2v) is 9.94. The number of hydrogen-bond donors (Lipinski definition) is 1. The van der Waals surface area contributed by atoms with Gasteiger partial charge in [-0.3, -0.25) is 9.59 Å². The molecule has 3 rings (SSSR count). The summed E-state index contributed by atoms with van der Waals surface area (Å²) in [5, 5.41) is 10.7. The van der Waals surface area contributed by atoms with E-state index in [-0.39, 0.29) is 6.61 Å². The number of rotatable bonds is 12. The fourth-order valence-electron chi connectivity index (χ4n) is 5.27. The Morgan fingerprint density at radius 1 is 0.919 bits per heavy atom. The first-order chi connectivity index (χ1) is 17.8. The Kier molecular flexibility index (Phi) is 10.6. The van der Waals surface area contributed by atoms with Crippen LogP contribution in [-0.2, 0) is 25.5 Å². The summed E-state index contributed by atoms with van der Waals surface area (Å²) in [6.07, 6.45) is 8.21. The average Bonchev–Trinajstić information content (AvgIpc) is 2.93. The standard InChI is InChI=1S/C28H41NO8/c1-34-22-18-20(19-23(35-2)24(22)36-3)12-6-4-11-17-37-27(32)21-13-7-10-16-29(21)26(31)25(30)28(33)14-8-5-9-15-28/h18-19,21,33H,4-17H2,1-3H3. The van der Waals surface area contributed by atoms with Gasteiger partial charge in [-0.2, -0.15) is 0 Å². The van der Waals surface area contributed by atoms with Gasteiger partial charge in [0.2, 0.25) is 5.75 Å². The monoisotopic (exact) mass is 519 g/mol. The van der Waals surface area contributed by atoms with Crippen molar-refractivity contribution in [3.05, 3.63) is 17.7 Å². The number of carbonyl (C=O) groups excluding carboxylic acids is 3. The minimum absolute atomic E-state index is 0.254. The molecule has 0 bridgehead atoms. The van der Waals surface area contributed by atoms with Crippen LogP contribution in [0.4, 0.5) is 0 Å². The SMILES string of the molecule is COc1cc(CCCCCOC(=O)C2CCCCN2C(=O)C(=O)C2(O)CCCCC2)cc(OC)c1OC. The molecule has 1 aliphatic carbocycles. The lowest BCUT2D eigenvalue weighted by Crippen LogP contribution is -2.56. The van der Waals surface area contributed by atoms with E-state index in [2.05, 4.69) is 0 Å². The van der Waals surface area contributed by atoms with E-state index in [1.165, 1.54) is 4.90 Å². The summed E-state index contributed by atoms with van der Waals surface area (Å²) in [4.78, 5) is 40.0. The van der Waals surface area contributed by atoms with Crippen LogP contribution in [0.1, 0.15) is 76.2 Å². The number of carbonyl (C=O) groups is 3. The topological polar surface area (TPSA) is 112 Å². The normalized spacial score (nSPS) is 19.1. The van der Waals surface area contributed by atoms with Crippen LogP contribution >= 0.6 is 0 Å². The van der Waals surface area contributed by atoms with E-state index in [1.807, 2.05) is 12.1 Å². The van der Waals surface area contributed by atoms with Crippen LogP contribution in [0.5, 0.6) is 17.2 Å². The minimum atomic E-state index is -1.60. The zero-order valence-corrected chi connectivity index (χ0v) is 22.4. The summed E-state index contributed by atoms with van der Waals surface area (Å²) in [6.45, 7) is 0.583. The Labute approximate surface area is 219 Å². The third kappa shape index (κ3) is 7.15. The van der Waals surface area contributed by atoms with Gasteiger partial charge in [-0.25, -0.2) is 4.79 Å². The molecule has 1 aliphatic heterocycles. The highest BCUT2D eigenvalue weighted by Gasteiger charge is 2.45. The quantitative estimate of drug-likeness (QED) is 0.253. The number of Topliss-reactive ketones (excluding diaryl/α,β-unsaturated/α-hetero) is 1. The number of ether oxygens (including phenoxy) is 4. The maximum atomic E-state index is 13.0. The molecule has 37 heavy (non-hydrogen) atoms. The highest BCUT2D eigenvalue weighted by atomic mass is 16.5. The third-order valence-electron chi connectivity index (χ3n) is 7.41. The number of likely N-dealkylation sites (tertiary alicyclic amines) is 1. The summed E-state index contributed by atoms with van der Waals surface area (Å²) in [5.74, 6) is -0.209. The number of piperidine rings is 1. The summed E-state index contributed by atoms with van der Waals surface area (Å²) >= 11 is 0. The molecule has 0 radical (unpaired) electrons. The molecule has 9 heteroatoms. The van der Waals surface area contributed by atoms with Gasteiger partial charge in [-0.1, -0.05) is 19.3 Å². The second-order valence-electron chi connectivity index (χ2n) is 9.94. The Balaban J connectivity index is 1.46. The number of benzene rings is 1. The first-order valence-electron chi connectivity index (χ1n) is 13.4. The molecule has 1 heterocycles. The molecular formula is C28H41NO8. The van der Waals surface area contributed by atoms with Gasteiger partial charge in [0.05, 0.1) is 27.9 Å². The molecule has 1 aromatic carbocycles. The van der Waals surface area contributed by atoms with Crippen LogP contribution in [-0.4, -0.2) is 73.8 Å². The number of nitrogens with zero attached hydrogens (tertiary/aromatic N) is 1. The highest BCUT2D eigenvalue weighted by molar-refractivity contribution is 6.39. The van der Waals surface area contributed by atoms with Crippen LogP contribution in [0.25, 0.3) is 0 Å². The number of methoxy groups -OCH3 is 3. The fourth-order valence-corrected chi connectivity index (χ4v) is 5.27. The van der Waals surface area contributed by atoms with Crippen molar-refractivity contribution < 1.29 is 38.4 Å². The Bertz CT molecular complexity index is 915. The number of aryl methyl sites for hydroxylation is 1. The Morgan fingerprint density at radius 2 is 1.59 bits per heavy atom. The Hall–Kier alpha value is -2.81. The molecule has 1 saturated heterocycles. The lowest BCUT2D eigenvalue weighted by Gasteiger charge is -2.36. The molecule has 206 valence electrons. The molecule has 1 amide bonds. The number of esters is 1. The van der Waals surface area contributed by atoms with Crippen molar-refractivity contribution in [2.24, 2.45) is 0 Å². The first kappa shape index (κ1) is 28.8. The number of ketones is 1. The number of unbranched alkanes of at least 4 members (excludes halogenated alkanes) is 2. The highest BCUT2D eigenvalue weighted by Crippen LogP contribution is 2.38. The molecule has 2 aliphatic rings. The van der Waals surface area contributed by atoms with Crippen LogP contribution in [0, 0.1) is 0 Å². The maximum Gasteiger partial charge on any atom is 0.328 e. The van der Waals surface area contributed by atoms with Gasteiger partial charge in [0.25, 0.3) is 11.7 Å². The van der Waals surface area contributed by atoms with Crippen LogP contribution in [0.3, 0.4) is 0 Å². The number of hydrogen-bond acceptors (Lipinski definition) is 8. The molecule has 1 unspecified atom stereocenters. The van der Waals surface area contributed by atoms with Gasteiger partial charge in [-0.05, 0) is 75.5 Å². The van der Waals surface area contributed by atoms with Gasteiger partial charge in [0.1, 0.15) is 11.6 Å².